The van der Waals surface area contributed by atoms with Gasteiger partial charge in [0.15, 0.2) is 0 Å². The molecular formula is C25H21N5O3S. The third-order valence-corrected chi connectivity index (χ3v) is 6.17. The quantitative estimate of drug-likeness (QED) is 0.231. The minimum absolute atomic E-state index is 0.395. The summed E-state index contributed by atoms with van der Waals surface area (Å²) >= 11 is 1.48. The molecule has 9 heteroatoms. The van der Waals surface area contributed by atoms with Crippen LogP contribution in [0.2, 0.25) is 0 Å². The van der Waals surface area contributed by atoms with Gasteiger partial charge in [-0.2, -0.15) is 0 Å². The van der Waals surface area contributed by atoms with Crippen LogP contribution < -0.4 is 9.57 Å². The van der Waals surface area contributed by atoms with E-state index in [0.717, 1.165) is 51.2 Å². The van der Waals surface area contributed by atoms with Gasteiger partial charge in [0.1, 0.15) is 26.8 Å². The van der Waals surface area contributed by atoms with Gasteiger partial charge >= 0.3 is 5.97 Å². The number of hydrogen-bond donors (Lipinski definition) is 0. The Kier molecular flexibility index (Phi) is 6.26. The van der Waals surface area contributed by atoms with Crippen molar-refractivity contribution in [2.75, 3.05) is 6.61 Å². The lowest BCUT2D eigenvalue weighted by Crippen LogP contribution is -2.20. The standard InChI is InChI=1S/C25H21N5O3S/c1-2-3-16-32-20-14-12-18(13-15-20)24-28-27-23(34-24)17-8-10-19(11-9-17)25(31)33-30-22-7-5-4-6-21(22)26-29-30/h4-15H,2-3,16H2,1H3. The maximum Gasteiger partial charge on any atom is 0.365 e. The Bertz CT molecular complexity index is 1410. The van der Waals surface area contributed by atoms with E-state index in [9.17, 15) is 4.79 Å². The third-order valence-electron chi connectivity index (χ3n) is 5.15. The molecule has 8 nitrogen and oxygen atoms in total. The molecule has 0 unspecified atom stereocenters. The van der Waals surface area contributed by atoms with Crippen molar-refractivity contribution in [2.24, 2.45) is 0 Å². The highest BCUT2D eigenvalue weighted by molar-refractivity contribution is 7.17. The second kappa shape index (κ2) is 9.80. The molecule has 0 amide bonds. The molecule has 2 aromatic heterocycles. The van der Waals surface area contributed by atoms with Crippen LogP contribution in [0.5, 0.6) is 5.75 Å². The summed E-state index contributed by atoms with van der Waals surface area (Å²) in [5.74, 6) is 0.324. The van der Waals surface area contributed by atoms with Crippen LogP contribution >= 0.6 is 11.3 Å². The van der Waals surface area contributed by atoms with E-state index in [-0.39, 0.29) is 0 Å². The summed E-state index contributed by atoms with van der Waals surface area (Å²) in [7, 11) is 0. The van der Waals surface area contributed by atoms with Gasteiger partial charge in [0, 0.05) is 11.1 Å². The lowest BCUT2D eigenvalue weighted by Gasteiger charge is -2.05. The van der Waals surface area contributed by atoms with Crippen molar-refractivity contribution >= 4 is 28.3 Å². The van der Waals surface area contributed by atoms with Gasteiger partial charge < -0.3 is 9.57 Å². The SMILES string of the molecule is CCCCOc1ccc(-c2nnc(-c3ccc(C(=O)On4nnc5ccccc54)cc3)s2)cc1. The van der Waals surface area contributed by atoms with Gasteiger partial charge in [-0.25, -0.2) is 4.79 Å². The predicted molar refractivity (Wildman–Crippen MR) is 130 cm³/mol. The van der Waals surface area contributed by atoms with Gasteiger partial charge in [0.05, 0.1) is 12.2 Å². The molecule has 2 heterocycles. The first-order chi connectivity index (χ1) is 16.7. The lowest BCUT2D eigenvalue weighted by molar-refractivity contribution is 0.0409. The molecule has 170 valence electrons. The zero-order valence-corrected chi connectivity index (χ0v) is 19.2. The molecule has 5 aromatic rings. The molecule has 34 heavy (non-hydrogen) atoms. The number of fused-ring (bicyclic) bond motifs is 1. The molecule has 0 bridgehead atoms. The first kappa shape index (κ1) is 21.7. The van der Waals surface area contributed by atoms with Crippen molar-refractivity contribution in [1.82, 2.24) is 25.4 Å². The third kappa shape index (κ3) is 4.65. The van der Waals surface area contributed by atoms with Crippen LogP contribution in [-0.2, 0) is 0 Å². The van der Waals surface area contributed by atoms with E-state index in [1.54, 1.807) is 24.3 Å². The van der Waals surface area contributed by atoms with Crippen molar-refractivity contribution < 1.29 is 14.4 Å². The average Bonchev–Trinajstić information content (AvgIpc) is 3.53. The highest BCUT2D eigenvalue weighted by Crippen LogP contribution is 2.31. The number of unbranched alkanes of at least 4 members (excludes halogenated alkanes) is 1. The van der Waals surface area contributed by atoms with Gasteiger partial charge in [0.2, 0.25) is 0 Å². The van der Waals surface area contributed by atoms with Crippen molar-refractivity contribution in [3.8, 4) is 26.9 Å². The Labute approximate surface area is 199 Å². The minimum atomic E-state index is -0.526. The Balaban J connectivity index is 1.26. The Morgan fingerprint density at radius 1 is 0.882 bits per heavy atom. The summed E-state index contributed by atoms with van der Waals surface area (Å²) in [5.41, 5.74) is 3.51. The molecular weight excluding hydrogens is 450 g/mol. The molecule has 5 rings (SSSR count). The number of nitrogens with zero attached hydrogens (tertiary/aromatic N) is 5. The average molecular weight is 472 g/mol. The Hall–Kier alpha value is -4.11. The van der Waals surface area contributed by atoms with E-state index in [1.807, 2.05) is 48.5 Å². The molecule has 3 aromatic carbocycles. The van der Waals surface area contributed by atoms with Crippen LogP contribution in [-0.4, -0.2) is 37.9 Å². The number of benzene rings is 3. The van der Waals surface area contributed by atoms with Crippen molar-refractivity contribution in [3.05, 3.63) is 78.4 Å². The number of rotatable bonds is 8. The van der Waals surface area contributed by atoms with Crippen LogP contribution in [0.1, 0.15) is 30.1 Å². The zero-order chi connectivity index (χ0) is 23.3. The zero-order valence-electron chi connectivity index (χ0n) is 18.4. The fourth-order valence-electron chi connectivity index (χ4n) is 3.28. The normalized spacial score (nSPS) is 11.0. The first-order valence-corrected chi connectivity index (χ1v) is 11.7. The molecule has 0 aliphatic rings. The molecule has 0 saturated heterocycles. The summed E-state index contributed by atoms with van der Waals surface area (Å²) in [6, 6.07) is 22.2. The van der Waals surface area contributed by atoms with Crippen LogP contribution in [0.4, 0.5) is 0 Å². The number of carbonyl (C=O) groups excluding carboxylic acids is 1. The Morgan fingerprint density at radius 2 is 1.56 bits per heavy atom. The van der Waals surface area contributed by atoms with Crippen molar-refractivity contribution in [3.63, 3.8) is 0 Å². The van der Waals surface area contributed by atoms with E-state index in [0.29, 0.717) is 16.6 Å². The summed E-state index contributed by atoms with van der Waals surface area (Å²) in [4.78, 5) is 19.1. The fraction of sp³-hybridized carbons (Fsp3) is 0.160. The predicted octanol–water partition coefficient (Wildman–Crippen LogP) is 5.06. The second-order valence-corrected chi connectivity index (χ2v) is 8.52. The van der Waals surface area contributed by atoms with Crippen LogP contribution in [0.3, 0.4) is 0 Å². The molecule has 0 spiro atoms. The fourth-order valence-corrected chi connectivity index (χ4v) is 4.13. The maximum absolute atomic E-state index is 12.6. The molecule has 0 radical (unpaired) electrons. The number of aromatic nitrogens is 5. The monoisotopic (exact) mass is 471 g/mol. The highest BCUT2D eigenvalue weighted by Gasteiger charge is 2.14. The van der Waals surface area contributed by atoms with Gasteiger partial charge in [-0.05, 0) is 60.2 Å². The number of ether oxygens (including phenoxy) is 1. The minimum Gasteiger partial charge on any atom is -0.494 e. The van der Waals surface area contributed by atoms with E-state index in [4.69, 9.17) is 9.57 Å². The van der Waals surface area contributed by atoms with E-state index >= 15 is 0 Å². The van der Waals surface area contributed by atoms with Gasteiger partial charge in [-0.15, -0.1) is 15.3 Å². The molecule has 0 N–H and O–H groups in total. The first-order valence-electron chi connectivity index (χ1n) is 10.9. The molecule has 0 fully saturated rings. The van der Waals surface area contributed by atoms with Crippen LogP contribution in [0, 0.1) is 0 Å². The van der Waals surface area contributed by atoms with E-state index < -0.39 is 5.97 Å². The highest BCUT2D eigenvalue weighted by atomic mass is 32.1. The van der Waals surface area contributed by atoms with Crippen molar-refractivity contribution in [2.45, 2.75) is 19.8 Å². The Morgan fingerprint density at radius 3 is 2.26 bits per heavy atom. The van der Waals surface area contributed by atoms with Crippen LogP contribution in [0.15, 0.2) is 72.8 Å². The molecule has 0 aliphatic carbocycles. The summed E-state index contributed by atoms with van der Waals surface area (Å²) in [6.45, 7) is 2.86. The van der Waals surface area contributed by atoms with Gasteiger partial charge in [-0.1, -0.05) is 53.8 Å². The molecule has 0 saturated carbocycles. The molecule has 0 atom stereocenters. The maximum atomic E-state index is 12.6. The van der Waals surface area contributed by atoms with Gasteiger partial charge in [-0.3, -0.25) is 0 Å². The second-order valence-electron chi connectivity index (χ2n) is 7.55. The number of hydrogen-bond acceptors (Lipinski definition) is 8. The van der Waals surface area contributed by atoms with Crippen molar-refractivity contribution in [1.29, 1.82) is 0 Å². The van der Waals surface area contributed by atoms with E-state index in [1.165, 1.54) is 11.3 Å². The smallest absolute Gasteiger partial charge is 0.365 e. The van der Waals surface area contributed by atoms with Crippen LogP contribution in [0.25, 0.3) is 32.2 Å². The number of carbonyl (C=O) groups is 1. The topological polar surface area (TPSA) is 92.0 Å². The lowest BCUT2D eigenvalue weighted by atomic mass is 10.1. The largest absolute Gasteiger partial charge is 0.494 e. The summed E-state index contributed by atoms with van der Waals surface area (Å²) in [5, 5.41) is 18.1. The number of para-hydroxylation sites is 1. The van der Waals surface area contributed by atoms with Gasteiger partial charge in [0.25, 0.3) is 0 Å². The summed E-state index contributed by atoms with van der Waals surface area (Å²) in [6.07, 6.45) is 2.14. The summed E-state index contributed by atoms with van der Waals surface area (Å²) < 4.78 is 5.72. The van der Waals surface area contributed by atoms with E-state index in [2.05, 4.69) is 27.4 Å². The molecule has 0 aliphatic heterocycles.